The van der Waals surface area contributed by atoms with Gasteiger partial charge in [-0.1, -0.05) is 19.1 Å². The highest BCUT2D eigenvalue weighted by molar-refractivity contribution is 7.89. The summed E-state index contributed by atoms with van der Waals surface area (Å²) in [6, 6.07) is 6.07. The van der Waals surface area contributed by atoms with Gasteiger partial charge in [-0.05, 0) is 37.1 Å². The Morgan fingerprint density at radius 2 is 2.00 bits per heavy atom. The number of benzene rings is 1. The molecule has 0 bridgehead atoms. The van der Waals surface area contributed by atoms with Crippen LogP contribution in [0.1, 0.15) is 18.9 Å². The first kappa shape index (κ1) is 15.9. The van der Waals surface area contributed by atoms with Crippen molar-refractivity contribution in [3.8, 4) is 0 Å². The van der Waals surface area contributed by atoms with Gasteiger partial charge in [0, 0.05) is 13.1 Å². The van der Waals surface area contributed by atoms with Crippen LogP contribution in [0.15, 0.2) is 29.2 Å². The van der Waals surface area contributed by atoms with Gasteiger partial charge in [-0.15, -0.1) is 0 Å². The monoisotopic (exact) mass is 311 g/mol. The van der Waals surface area contributed by atoms with Crippen LogP contribution in [0.25, 0.3) is 0 Å². The Morgan fingerprint density at radius 1 is 1.33 bits per heavy atom. The van der Waals surface area contributed by atoms with Crippen LogP contribution in [0.4, 0.5) is 0 Å². The van der Waals surface area contributed by atoms with Gasteiger partial charge in [0.25, 0.3) is 0 Å². The van der Waals surface area contributed by atoms with Gasteiger partial charge in [-0.3, -0.25) is 4.79 Å². The van der Waals surface area contributed by atoms with Gasteiger partial charge in [0.15, 0.2) is 0 Å². The highest BCUT2D eigenvalue weighted by Gasteiger charge is 2.37. The molecule has 0 spiro atoms. The lowest BCUT2D eigenvalue weighted by atomic mass is 10.2. The van der Waals surface area contributed by atoms with E-state index < -0.39 is 16.1 Å². The Kier molecular flexibility index (Phi) is 4.97. The summed E-state index contributed by atoms with van der Waals surface area (Å²) < 4.78 is 26.7. The first-order valence-corrected chi connectivity index (χ1v) is 8.53. The molecule has 1 saturated heterocycles. The van der Waals surface area contributed by atoms with E-state index in [1.54, 1.807) is 24.3 Å². The molecule has 0 radical (unpaired) electrons. The number of sulfonamides is 1. The smallest absolute Gasteiger partial charge is 0.243 e. The molecule has 1 aliphatic heterocycles. The van der Waals surface area contributed by atoms with Crippen molar-refractivity contribution in [3.05, 3.63) is 29.8 Å². The number of nitrogens with two attached hydrogens (primary N) is 1. The minimum absolute atomic E-state index is 0.219. The maximum atomic E-state index is 12.7. The number of carbonyl (C=O) groups excluding carboxylic acids is 1. The van der Waals surface area contributed by atoms with Gasteiger partial charge in [0.05, 0.1) is 4.90 Å². The van der Waals surface area contributed by atoms with Crippen LogP contribution in [0.5, 0.6) is 0 Å². The van der Waals surface area contributed by atoms with Crippen molar-refractivity contribution < 1.29 is 13.2 Å². The van der Waals surface area contributed by atoms with Crippen molar-refractivity contribution in [2.75, 3.05) is 19.6 Å². The van der Waals surface area contributed by atoms with Crippen LogP contribution in [-0.2, 0) is 21.2 Å². The third kappa shape index (κ3) is 3.25. The molecule has 0 saturated carbocycles. The molecule has 1 unspecified atom stereocenters. The predicted octanol–water partition coefficient (Wildman–Crippen LogP) is 0.0869. The van der Waals surface area contributed by atoms with Crippen molar-refractivity contribution in [2.24, 2.45) is 5.73 Å². The lowest BCUT2D eigenvalue weighted by molar-refractivity contribution is -0.126. The SMILES string of the molecule is CCC1C(=O)NCCN1S(=O)(=O)c1ccc(CCN)cc1. The maximum absolute atomic E-state index is 12.7. The lowest BCUT2D eigenvalue weighted by Crippen LogP contribution is -2.56. The van der Waals surface area contributed by atoms with Crippen molar-refractivity contribution in [3.63, 3.8) is 0 Å². The zero-order valence-corrected chi connectivity index (χ0v) is 12.9. The molecule has 1 aromatic carbocycles. The lowest BCUT2D eigenvalue weighted by Gasteiger charge is -2.33. The van der Waals surface area contributed by atoms with Crippen molar-refractivity contribution in [2.45, 2.75) is 30.7 Å². The van der Waals surface area contributed by atoms with E-state index in [-0.39, 0.29) is 10.8 Å². The summed E-state index contributed by atoms with van der Waals surface area (Å²) in [7, 11) is -3.65. The second-order valence-corrected chi connectivity index (χ2v) is 6.90. The van der Waals surface area contributed by atoms with Crippen LogP contribution in [0, 0.1) is 0 Å². The molecule has 0 aliphatic carbocycles. The minimum atomic E-state index is -3.65. The normalized spacial score (nSPS) is 20.3. The average Bonchev–Trinajstić information content (AvgIpc) is 2.48. The molecule has 6 nitrogen and oxygen atoms in total. The van der Waals surface area contributed by atoms with Gasteiger partial charge in [0.1, 0.15) is 6.04 Å². The molecule has 0 aromatic heterocycles. The van der Waals surface area contributed by atoms with Crippen LogP contribution in [-0.4, -0.2) is 44.3 Å². The summed E-state index contributed by atoms with van der Waals surface area (Å²) in [5, 5.41) is 2.70. The van der Waals surface area contributed by atoms with E-state index in [4.69, 9.17) is 5.73 Å². The number of rotatable bonds is 5. The summed E-state index contributed by atoms with van der Waals surface area (Å²) in [6.45, 7) is 2.98. The Labute approximate surface area is 125 Å². The number of carbonyl (C=O) groups is 1. The zero-order chi connectivity index (χ0) is 15.5. The molecule has 2 rings (SSSR count). The van der Waals surface area contributed by atoms with E-state index in [1.165, 1.54) is 4.31 Å². The topological polar surface area (TPSA) is 92.5 Å². The van der Waals surface area contributed by atoms with Crippen LogP contribution < -0.4 is 11.1 Å². The Morgan fingerprint density at radius 3 is 2.57 bits per heavy atom. The van der Waals surface area contributed by atoms with Crippen LogP contribution >= 0.6 is 0 Å². The standard InChI is InChI=1S/C14H21N3O3S/c1-2-13-14(18)16-9-10-17(13)21(19,20)12-5-3-11(4-6-12)7-8-15/h3-6,13H,2,7-10,15H2,1H3,(H,16,18). The summed E-state index contributed by atoms with van der Waals surface area (Å²) in [6.07, 6.45) is 1.17. The van der Waals surface area contributed by atoms with Crippen LogP contribution in [0.3, 0.4) is 0 Å². The summed E-state index contributed by atoms with van der Waals surface area (Å²) in [5.74, 6) is -0.230. The Hall–Kier alpha value is -1.44. The fraction of sp³-hybridized carbons (Fsp3) is 0.500. The largest absolute Gasteiger partial charge is 0.353 e. The average molecular weight is 311 g/mol. The first-order valence-electron chi connectivity index (χ1n) is 7.09. The van der Waals surface area contributed by atoms with Crippen LogP contribution in [0.2, 0.25) is 0 Å². The van der Waals surface area contributed by atoms with E-state index >= 15 is 0 Å². The molecule has 3 N–H and O–H groups in total. The minimum Gasteiger partial charge on any atom is -0.353 e. The van der Waals surface area contributed by atoms with E-state index in [0.29, 0.717) is 32.5 Å². The summed E-state index contributed by atoms with van der Waals surface area (Å²) in [4.78, 5) is 12.0. The first-order chi connectivity index (χ1) is 10.0. The highest BCUT2D eigenvalue weighted by atomic mass is 32.2. The molecule has 1 aliphatic rings. The molecule has 1 aromatic rings. The number of piperazine rings is 1. The van der Waals surface area contributed by atoms with Gasteiger partial charge in [0.2, 0.25) is 15.9 Å². The molecule has 1 fully saturated rings. The number of amides is 1. The molecule has 21 heavy (non-hydrogen) atoms. The highest BCUT2D eigenvalue weighted by Crippen LogP contribution is 2.21. The van der Waals surface area contributed by atoms with Gasteiger partial charge >= 0.3 is 0 Å². The molecule has 7 heteroatoms. The molecular weight excluding hydrogens is 290 g/mol. The molecule has 116 valence electrons. The Bertz CT molecular complexity index is 598. The molecule has 1 heterocycles. The number of nitrogens with zero attached hydrogens (tertiary/aromatic N) is 1. The van der Waals surface area contributed by atoms with E-state index in [2.05, 4.69) is 5.32 Å². The second-order valence-electron chi connectivity index (χ2n) is 5.01. The van der Waals surface area contributed by atoms with E-state index in [1.807, 2.05) is 6.92 Å². The van der Waals surface area contributed by atoms with Gasteiger partial charge < -0.3 is 11.1 Å². The number of hydrogen-bond acceptors (Lipinski definition) is 4. The molecule has 1 atom stereocenters. The third-order valence-corrected chi connectivity index (χ3v) is 5.55. The maximum Gasteiger partial charge on any atom is 0.243 e. The fourth-order valence-electron chi connectivity index (χ4n) is 2.50. The summed E-state index contributed by atoms with van der Waals surface area (Å²) >= 11 is 0. The fourth-order valence-corrected chi connectivity index (χ4v) is 4.16. The van der Waals surface area contributed by atoms with Crippen molar-refractivity contribution >= 4 is 15.9 Å². The van der Waals surface area contributed by atoms with E-state index in [9.17, 15) is 13.2 Å². The second kappa shape index (κ2) is 6.55. The van der Waals surface area contributed by atoms with E-state index in [0.717, 1.165) is 5.56 Å². The predicted molar refractivity (Wildman–Crippen MR) is 80.2 cm³/mol. The molecule has 1 amide bonds. The molecular formula is C14H21N3O3S. The van der Waals surface area contributed by atoms with Crippen molar-refractivity contribution in [1.29, 1.82) is 0 Å². The summed E-state index contributed by atoms with van der Waals surface area (Å²) in [5.41, 5.74) is 6.48. The van der Waals surface area contributed by atoms with Gasteiger partial charge in [-0.2, -0.15) is 4.31 Å². The zero-order valence-electron chi connectivity index (χ0n) is 12.1. The Balaban J connectivity index is 2.29. The van der Waals surface area contributed by atoms with Gasteiger partial charge in [-0.25, -0.2) is 8.42 Å². The number of nitrogens with one attached hydrogen (secondary N) is 1. The quantitative estimate of drug-likeness (QED) is 0.806. The van der Waals surface area contributed by atoms with Crippen molar-refractivity contribution in [1.82, 2.24) is 9.62 Å². The number of hydrogen-bond donors (Lipinski definition) is 2. The third-order valence-electron chi connectivity index (χ3n) is 3.63.